The van der Waals surface area contributed by atoms with E-state index in [1.54, 1.807) is 30.3 Å². The molecule has 8 heteroatoms. The van der Waals surface area contributed by atoms with Gasteiger partial charge in [-0.2, -0.15) is 0 Å². The molecule has 0 spiro atoms. The molecule has 1 N–H and O–H groups in total. The summed E-state index contributed by atoms with van der Waals surface area (Å²) >= 11 is 15.8. The highest BCUT2D eigenvalue weighted by Crippen LogP contribution is 2.39. The summed E-state index contributed by atoms with van der Waals surface area (Å²) in [5.74, 6) is 0.326. The predicted molar refractivity (Wildman–Crippen MR) is 112 cm³/mol. The van der Waals surface area contributed by atoms with Gasteiger partial charge in [-0.25, -0.2) is 0 Å². The van der Waals surface area contributed by atoms with Crippen molar-refractivity contribution in [2.45, 2.75) is 20.0 Å². The van der Waals surface area contributed by atoms with Crippen LogP contribution in [0.1, 0.15) is 24.5 Å². The number of hydrogen-bond donors (Lipinski definition) is 1. The van der Waals surface area contributed by atoms with Crippen LogP contribution in [0.4, 0.5) is 0 Å². The average molecular weight is 485 g/mol. The van der Waals surface area contributed by atoms with E-state index in [0.717, 1.165) is 5.56 Å². The Bertz CT molecular complexity index is 975. The van der Waals surface area contributed by atoms with Crippen LogP contribution in [0.3, 0.4) is 0 Å². The fourth-order valence-electron chi connectivity index (χ4n) is 2.71. The molecule has 0 aliphatic carbocycles. The summed E-state index contributed by atoms with van der Waals surface area (Å²) in [6, 6.07) is 8.89. The molecule has 2 amide bonds. The quantitative estimate of drug-likeness (QED) is 0.454. The van der Waals surface area contributed by atoms with Crippen molar-refractivity contribution in [2.24, 2.45) is 0 Å². The molecule has 0 radical (unpaired) electrons. The summed E-state index contributed by atoms with van der Waals surface area (Å²) in [5, 5.41) is 3.16. The molecule has 0 unspecified atom stereocenters. The minimum absolute atomic E-state index is 0.0614. The minimum Gasteiger partial charge on any atom is -0.490 e. The minimum atomic E-state index is -0.380. The summed E-state index contributed by atoms with van der Waals surface area (Å²) in [4.78, 5) is 23.1. The van der Waals surface area contributed by atoms with Crippen LogP contribution in [-0.2, 0) is 16.2 Å². The van der Waals surface area contributed by atoms with Crippen LogP contribution in [0.25, 0.3) is 6.08 Å². The number of carbonyl (C=O) groups excluding carboxylic acids is 2. The molecule has 0 saturated carbocycles. The molecule has 1 saturated heterocycles. The molecule has 0 bridgehead atoms. The van der Waals surface area contributed by atoms with Crippen LogP contribution in [0.15, 0.2) is 40.4 Å². The van der Waals surface area contributed by atoms with Crippen molar-refractivity contribution in [2.75, 3.05) is 6.61 Å². The Kier molecular flexibility index (Phi) is 6.65. The lowest BCUT2D eigenvalue weighted by atomic mass is 10.1. The SMILES string of the molecule is CCOc1cc(/C=C2\CC(=O)NC2=O)cc(Br)c1OCc1cccc(Cl)c1Cl. The van der Waals surface area contributed by atoms with E-state index in [1.807, 2.05) is 13.0 Å². The Labute approximate surface area is 180 Å². The lowest BCUT2D eigenvalue weighted by molar-refractivity contribution is -0.124. The van der Waals surface area contributed by atoms with Gasteiger partial charge in [0.05, 0.1) is 27.5 Å². The van der Waals surface area contributed by atoms with Gasteiger partial charge >= 0.3 is 0 Å². The first-order valence-corrected chi connectivity index (χ1v) is 10.0. The lowest BCUT2D eigenvalue weighted by Gasteiger charge is -2.15. The van der Waals surface area contributed by atoms with Crippen molar-refractivity contribution in [3.05, 3.63) is 61.5 Å². The van der Waals surface area contributed by atoms with Gasteiger partial charge in [0.2, 0.25) is 5.91 Å². The van der Waals surface area contributed by atoms with E-state index in [9.17, 15) is 9.59 Å². The smallest absolute Gasteiger partial charge is 0.254 e. The first-order chi connectivity index (χ1) is 13.4. The van der Waals surface area contributed by atoms with Gasteiger partial charge in [-0.3, -0.25) is 14.9 Å². The zero-order chi connectivity index (χ0) is 20.3. The number of benzene rings is 2. The molecule has 146 valence electrons. The van der Waals surface area contributed by atoms with Crippen LogP contribution in [-0.4, -0.2) is 18.4 Å². The molecule has 1 fully saturated rings. The van der Waals surface area contributed by atoms with Crippen molar-refractivity contribution in [3.8, 4) is 11.5 Å². The Morgan fingerprint density at radius 3 is 2.68 bits per heavy atom. The van der Waals surface area contributed by atoms with Crippen LogP contribution >= 0.6 is 39.1 Å². The second-order valence-corrected chi connectivity index (χ2v) is 7.63. The summed E-state index contributed by atoms with van der Waals surface area (Å²) < 4.78 is 12.3. The third-order valence-electron chi connectivity index (χ3n) is 3.97. The van der Waals surface area contributed by atoms with E-state index in [-0.39, 0.29) is 24.8 Å². The number of hydrogen-bond acceptors (Lipinski definition) is 4. The van der Waals surface area contributed by atoms with Crippen molar-refractivity contribution >= 4 is 57.0 Å². The van der Waals surface area contributed by atoms with Crippen LogP contribution in [0.2, 0.25) is 10.0 Å². The van der Waals surface area contributed by atoms with E-state index in [1.165, 1.54) is 0 Å². The number of amides is 2. The van der Waals surface area contributed by atoms with E-state index in [0.29, 0.717) is 43.8 Å². The maximum absolute atomic E-state index is 11.8. The second-order valence-electron chi connectivity index (χ2n) is 5.99. The lowest BCUT2D eigenvalue weighted by Crippen LogP contribution is -2.19. The number of carbonyl (C=O) groups is 2. The molecule has 1 heterocycles. The maximum Gasteiger partial charge on any atom is 0.254 e. The normalized spacial score (nSPS) is 15.1. The third-order valence-corrected chi connectivity index (χ3v) is 5.42. The molecule has 3 rings (SSSR count). The van der Waals surface area contributed by atoms with Crippen molar-refractivity contribution < 1.29 is 19.1 Å². The fourth-order valence-corrected chi connectivity index (χ4v) is 3.66. The molecule has 2 aromatic rings. The number of ether oxygens (including phenoxy) is 2. The Morgan fingerprint density at radius 2 is 2.00 bits per heavy atom. The largest absolute Gasteiger partial charge is 0.490 e. The summed E-state index contributed by atoms with van der Waals surface area (Å²) in [7, 11) is 0. The molecule has 1 aliphatic heterocycles. The van der Waals surface area contributed by atoms with E-state index in [2.05, 4.69) is 21.2 Å². The highest BCUT2D eigenvalue weighted by atomic mass is 79.9. The number of nitrogens with one attached hydrogen (secondary N) is 1. The topological polar surface area (TPSA) is 64.6 Å². The number of halogens is 3. The molecule has 0 aromatic heterocycles. The Hall–Kier alpha value is -2.02. The van der Waals surface area contributed by atoms with Gasteiger partial charge in [0.15, 0.2) is 11.5 Å². The first kappa shape index (κ1) is 20.7. The van der Waals surface area contributed by atoms with E-state index >= 15 is 0 Å². The second kappa shape index (κ2) is 8.99. The van der Waals surface area contributed by atoms with Crippen molar-refractivity contribution in [1.82, 2.24) is 5.32 Å². The van der Waals surface area contributed by atoms with Gasteiger partial charge in [-0.15, -0.1) is 0 Å². The summed E-state index contributed by atoms with van der Waals surface area (Å²) in [6.07, 6.45) is 1.72. The van der Waals surface area contributed by atoms with Gasteiger partial charge in [-0.1, -0.05) is 35.3 Å². The molecular weight excluding hydrogens is 469 g/mol. The summed E-state index contributed by atoms with van der Waals surface area (Å²) in [5.41, 5.74) is 1.86. The van der Waals surface area contributed by atoms with Gasteiger partial charge < -0.3 is 9.47 Å². The Morgan fingerprint density at radius 1 is 1.21 bits per heavy atom. The standard InChI is InChI=1S/C20H16BrCl2NO4/c1-2-27-16-8-11(6-13-9-17(25)24-20(13)26)7-14(21)19(16)28-10-12-4-3-5-15(22)18(12)23/h3-8H,2,9-10H2,1H3,(H,24,25,26)/b13-6+. The zero-order valence-electron chi connectivity index (χ0n) is 14.9. The highest BCUT2D eigenvalue weighted by molar-refractivity contribution is 9.10. The molecule has 1 aliphatic rings. The van der Waals surface area contributed by atoms with Gasteiger partial charge in [0, 0.05) is 11.1 Å². The number of imide groups is 1. The molecule has 2 aromatic carbocycles. The first-order valence-electron chi connectivity index (χ1n) is 8.45. The highest BCUT2D eigenvalue weighted by Gasteiger charge is 2.24. The van der Waals surface area contributed by atoms with Gasteiger partial charge in [0.25, 0.3) is 5.91 Å². The molecule has 5 nitrogen and oxygen atoms in total. The van der Waals surface area contributed by atoms with E-state index in [4.69, 9.17) is 32.7 Å². The van der Waals surface area contributed by atoms with E-state index < -0.39 is 0 Å². The van der Waals surface area contributed by atoms with Crippen LogP contribution in [0.5, 0.6) is 11.5 Å². The monoisotopic (exact) mass is 483 g/mol. The van der Waals surface area contributed by atoms with Crippen molar-refractivity contribution in [1.29, 1.82) is 0 Å². The Balaban J connectivity index is 1.89. The molecule has 0 atom stereocenters. The zero-order valence-corrected chi connectivity index (χ0v) is 18.0. The van der Waals surface area contributed by atoms with Gasteiger partial charge in [-0.05, 0) is 52.7 Å². The molecule has 28 heavy (non-hydrogen) atoms. The maximum atomic E-state index is 11.8. The average Bonchev–Trinajstić information content (AvgIpc) is 2.95. The van der Waals surface area contributed by atoms with Crippen molar-refractivity contribution in [3.63, 3.8) is 0 Å². The van der Waals surface area contributed by atoms with Crippen LogP contribution in [0, 0.1) is 0 Å². The predicted octanol–water partition coefficient (Wildman–Crippen LogP) is 5.16. The van der Waals surface area contributed by atoms with Gasteiger partial charge in [0.1, 0.15) is 6.61 Å². The fraction of sp³-hybridized carbons (Fsp3) is 0.200. The third kappa shape index (κ3) is 4.69. The number of rotatable bonds is 6. The van der Waals surface area contributed by atoms with Crippen LogP contribution < -0.4 is 14.8 Å². The summed E-state index contributed by atoms with van der Waals surface area (Å²) in [6.45, 7) is 2.49. The molecular formula is C20H16BrCl2NO4.